The predicted molar refractivity (Wildman–Crippen MR) is 96.9 cm³/mol. The highest BCUT2D eigenvalue weighted by Crippen LogP contribution is 2.28. The maximum Gasteiger partial charge on any atom is 0.490 e. The lowest BCUT2D eigenvalue weighted by atomic mass is 9.95. The van der Waals surface area contributed by atoms with Crippen molar-refractivity contribution < 1.29 is 27.8 Å². The van der Waals surface area contributed by atoms with E-state index in [2.05, 4.69) is 15.0 Å². The Labute approximate surface area is 163 Å². The van der Waals surface area contributed by atoms with Gasteiger partial charge in [0.25, 0.3) is 0 Å². The molecule has 0 bridgehead atoms. The van der Waals surface area contributed by atoms with Crippen molar-refractivity contribution >= 4 is 5.97 Å². The Balaban J connectivity index is 1.74. The summed E-state index contributed by atoms with van der Waals surface area (Å²) in [4.78, 5) is 23.0. The zero-order valence-electron chi connectivity index (χ0n) is 15.5. The van der Waals surface area contributed by atoms with Gasteiger partial charge in [-0.05, 0) is 38.1 Å². The quantitative estimate of drug-likeness (QED) is 0.666. The first-order valence-electron chi connectivity index (χ1n) is 8.47. The summed E-state index contributed by atoms with van der Waals surface area (Å²) in [6.07, 6.45) is -0.164. The van der Waals surface area contributed by atoms with E-state index in [1.54, 1.807) is 38.1 Å². The topological polar surface area (TPSA) is 90.1 Å². The van der Waals surface area contributed by atoms with E-state index in [1.807, 2.05) is 0 Å². The van der Waals surface area contributed by atoms with Gasteiger partial charge >= 0.3 is 12.3 Å². The number of aliphatic carboxylic acids is 1. The number of carbonyl (C=O) groups is 1. The molecule has 0 spiro atoms. The number of carboxylic acid groups (broad SMARTS) is 1. The molecule has 3 rings (SSSR count). The number of nitrogens with zero attached hydrogens (tertiary/aromatic N) is 4. The van der Waals surface area contributed by atoms with E-state index >= 15 is 0 Å². The van der Waals surface area contributed by atoms with Crippen LogP contribution in [-0.4, -0.2) is 37.2 Å². The first-order chi connectivity index (χ1) is 13.6. The molecule has 10 heteroatoms. The van der Waals surface area contributed by atoms with E-state index in [1.165, 1.54) is 12.4 Å². The second-order valence-electron chi connectivity index (χ2n) is 6.88. The minimum atomic E-state index is -4.60. The Kier molecular flexibility index (Phi) is 5.27. The van der Waals surface area contributed by atoms with Crippen molar-refractivity contribution in [1.29, 1.82) is 0 Å². The third kappa shape index (κ3) is 4.53. The van der Waals surface area contributed by atoms with Crippen molar-refractivity contribution in [3.8, 4) is 28.5 Å². The number of aromatic nitrogens is 4. The SMILES string of the molecule is CC(C)(COc1ccc(-c2cnc(-c3nccn3C(F)(F)F)cn2)cc1)C(=O)O. The number of rotatable bonds is 6. The second-order valence-corrected chi connectivity index (χ2v) is 6.88. The van der Waals surface area contributed by atoms with Crippen molar-refractivity contribution in [2.75, 3.05) is 6.61 Å². The summed E-state index contributed by atoms with van der Waals surface area (Å²) < 4.78 is 44.5. The highest BCUT2D eigenvalue weighted by molar-refractivity contribution is 5.73. The van der Waals surface area contributed by atoms with Gasteiger partial charge in [0.15, 0.2) is 5.82 Å². The summed E-state index contributed by atoms with van der Waals surface area (Å²) >= 11 is 0. The van der Waals surface area contributed by atoms with Crippen LogP contribution in [0.5, 0.6) is 5.75 Å². The van der Waals surface area contributed by atoms with Crippen LogP contribution in [0.3, 0.4) is 0 Å². The van der Waals surface area contributed by atoms with E-state index < -0.39 is 17.7 Å². The molecule has 2 heterocycles. The fraction of sp³-hybridized carbons (Fsp3) is 0.263. The summed E-state index contributed by atoms with van der Waals surface area (Å²) in [5, 5.41) is 9.10. The van der Waals surface area contributed by atoms with Crippen LogP contribution in [0.2, 0.25) is 0 Å². The lowest BCUT2D eigenvalue weighted by Gasteiger charge is -2.19. The van der Waals surface area contributed by atoms with Gasteiger partial charge in [0.2, 0.25) is 0 Å². The largest absolute Gasteiger partial charge is 0.492 e. The molecule has 0 saturated heterocycles. The van der Waals surface area contributed by atoms with Crippen LogP contribution in [0.4, 0.5) is 13.2 Å². The highest BCUT2D eigenvalue weighted by Gasteiger charge is 2.33. The number of benzene rings is 1. The summed E-state index contributed by atoms with van der Waals surface area (Å²) in [6.45, 7) is 3.12. The zero-order chi connectivity index (χ0) is 21.2. The van der Waals surface area contributed by atoms with Gasteiger partial charge in [-0.25, -0.2) is 14.5 Å². The van der Waals surface area contributed by atoms with Crippen molar-refractivity contribution in [2.45, 2.75) is 20.1 Å². The molecule has 0 radical (unpaired) electrons. The molecule has 1 N–H and O–H groups in total. The van der Waals surface area contributed by atoms with E-state index in [0.29, 0.717) is 17.0 Å². The van der Waals surface area contributed by atoms with Gasteiger partial charge < -0.3 is 9.84 Å². The Morgan fingerprint density at radius 2 is 1.69 bits per heavy atom. The minimum absolute atomic E-state index is 0.00202. The molecule has 0 fully saturated rings. The number of halogens is 3. The van der Waals surface area contributed by atoms with Crippen LogP contribution < -0.4 is 4.74 Å². The van der Waals surface area contributed by atoms with Crippen LogP contribution in [-0.2, 0) is 11.1 Å². The van der Waals surface area contributed by atoms with E-state index in [9.17, 15) is 18.0 Å². The first-order valence-corrected chi connectivity index (χ1v) is 8.47. The Morgan fingerprint density at radius 3 is 2.24 bits per heavy atom. The van der Waals surface area contributed by atoms with E-state index in [-0.39, 0.29) is 22.7 Å². The molecule has 0 atom stereocenters. The summed E-state index contributed by atoms with van der Waals surface area (Å²) in [5.41, 5.74) is 0.0958. The van der Waals surface area contributed by atoms with Crippen LogP contribution in [0.25, 0.3) is 22.8 Å². The van der Waals surface area contributed by atoms with Crippen molar-refractivity contribution in [2.24, 2.45) is 5.41 Å². The van der Waals surface area contributed by atoms with Gasteiger partial charge in [0.05, 0.1) is 23.5 Å². The molecule has 2 aromatic heterocycles. The lowest BCUT2D eigenvalue weighted by molar-refractivity contribution is -0.202. The molecule has 3 aromatic rings. The fourth-order valence-corrected chi connectivity index (χ4v) is 2.34. The molecule has 152 valence electrons. The van der Waals surface area contributed by atoms with E-state index in [0.717, 1.165) is 12.4 Å². The molecule has 0 unspecified atom stereocenters. The molecule has 1 aromatic carbocycles. The van der Waals surface area contributed by atoms with Gasteiger partial charge in [-0.2, -0.15) is 0 Å². The molecular formula is C19H17F3N4O3. The van der Waals surface area contributed by atoms with Crippen LogP contribution >= 0.6 is 0 Å². The number of alkyl halides is 3. The summed E-state index contributed by atoms with van der Waals surface area (Å²) in [5.74, 6) is -0.822. The van der Waals surface area contributed by atoms with E-state index in [4.69, 9.17) is 9.84 Å². The highest BCUT2D eigenvalue weighted by atomic mass is 19.4. The molecule has 29 heavy (non-hydrogen) atoms. The Morgan fingerprint density at radius 1 is 1.07 bits per heavy atom. The monoisotopic (exact) mass is 406 g/mol. The van der Waals surface area contributed by atoms with Crippen LogP contribution in [0.15, 0.2) is 49.1 Å². The molecule has 7 nitrogen and oxygen atoms in total. The molecule has 0 aliphatic rings. The maximum absolute atomic E-state index is 13.0. The molecule has 0 saturated carbocycles. The number of imidazole rings is 1. The molecule has 0 aliphatic carbocycles. The van der Waals surface area contributed by atoms with Gasteiger partial charge in [-0.3, -0.25) is 9.78 Å². The number of hydrogen-bond acceptors (Lipinski definition) is 5. The third-order valence-electron chi connectivity index (χ3n) is 4.12. The van der Waals surface area contributed by atoms with Gasteiger partial charge in [-0.1, -0.05) is 0 Å². The normalized spacial score (nSPS) is 12.0. The van der Waals surface area contributed by atoms with Gasteiger partial charge in [0, 0.05) is 18.0 Å². The average Bonchev–Trinajstić information content (AvgIpc) is 3.17. The van der Waals surface area contributed by atoms with Crippen molar-refractivity contribution in [3.63, 3.8) is 0 Å². The maximum atomic E-state index is 13.0. The molecule has 0 aliphatic heterocycles. The van der Waals surface area contributed by atoms with Crippen LogP contribution in [0, 0.1) is 5.41 Å². The first kappa shape index (κ1) is 20.3. The average molecular weight is 406 g/mol. The number of hydrogen-bond donors (Lipinski definition) is 1. The second kappa shape index (κ2) is 7.53. The predicted octanol–water partition coefficient (Wildman–Crippen LogP) is 3.97. The molecular weight excluding hydrogens is 389 g/mol. The van der Waals surface area contributed by atoms with Crippen LogP contribution in [0.1, 0.15) is 13.8 Å². The van der Waals surface area contributed by atoms with Crippen molar-refractivity contribution in [3.05, 3.63) is 49.1 Å². The smallest absolute Gasteiger partial charge is 0.490 e. The van der Waals surface area contributed by atoms with Gasteiger partial charge in [-0.15, -0.1) is 13.2 Å². The van der Waals surface area contributed by atoms with Gasteiger partial charge in [0.1, 0.15) is 18.1 Å². The third-order valence-corrected chi connectivity index (χ3v) is 4.12. The minimum Gasteiger partial charge on any atom is -0.492 e. The lowest BCUT2D eigenvalue weighted by Crippen LogP contribution is -2.30. The fourth-order valence-electron chi connectivity index (χ4n) is 2.34. The molecule has 0 amide bonds. The summed E-state index contributed by atoms with van der Waals surface area (Å²) in [7, 11) is 0. The zero-order valence-corrected chi connectivity index (χ0v) is 15.5. The Bertz CT molecular complexity index is 997. The standard InChI is InChI=1S/C19H17F3N4O3/c1-18(2,17(27)28)11-29-13-5-3-12(4-6-13)14-9-25-15(10-24-14)16-23-7-8-26(16)19(20,21)22/h3-10H,11H2,1-2H3,(H,27,28). The summed E-state index contributed by atoms with van der Waals surface area (Å²) in [6, 6.07) is 6.70. The number of carboxylic acids is 1. The Hall–Kier alpha value is -3.43. The van der Waals surface area contributed by atoms with Crippen molar-refractivity contribution in [1.82, 2.24) is 19.5 Å². The number of ether oxygens (including phenoxy) is 1.